The van der Waals surface area contributed by atoms with Gasteiger partial charge in [0, 0.05) is 29.1 Å². The topological polar surface area (TPSA) is 76.6 Å². The molecule has 6 heteroatoms. The van der Waals surface area contributed by atoms with Crippen LogP contribution >= 0.6 is 0 Å². The Morgan fingerprint density at radius 3 is 2.76 bits per heavy atom. The largest absolute Gasteiger partial charge is 0.496 e. The molecule has 6 nitrogen and oxygen atoms in total. The molecule has 0 atom stereocenters. The van der Waals surface area contributed by atoms with Gasteiger partial charge < -0.3 is 4.74 Å². The van der Waals surface area contributed by atoms with Crippen LogP contribution in [-0.4, -0.2) is 26.9 Å². The molecule has 25 heavy (non-hydrogen) atoms. The van der Waals surface area contributed by atoms with Crippen molar-refractivity contribution in [3.8, 4) is 34.3 Å². The van der Waals surface area contributed by atoms with Crippen LogP contribution in [0.4, 0.5) is 0 Å². The van der Waals surface area contributed by atoms with Crippen LogP contribution < -0.4 is 4.74 Å². The van der Waals surface area contributed by atoms with Crippen molar-refractivity contribution in [3.05, 3.63) is 48.0 Å². The number of benzene rings is 1. The van der Waals surface area contributed by atoms with Gasteiger partial charge in [-0.1, -0.05) is 0 Å². The van der Waals surface area contributed by atoms with Crippen LogP contribution in [0.1, 0.15) is 17.5 Å². The van der Waals surface area contributed by atoms with Gasteiger partial charge in [-0.15, -0.1) is 0 Å². The van der Waals surface area contributed by atoms with Crippen LogP contribution in [0.15, 0.2) is 36.9 Å². The molecule has 3 rings (SSSR count). The van der Waals surface area contributed by atoms with Crippen LogP contribution in [0.2, 0.25) is 0 Å². The van der Waals surface area contributed by atoms with E-state index in [1.54, 1.807) is 18.0 Å². The summed E-state index contributed by atoms with van der Waals surface area (Å²) >= 11 is 0. The monoisotopic (exact) mass is 333 g/mol. The molecule has 0 bridgehead atoms. The van der Waals surface area contributed by atoms with E-state index >= 15 is 0 Å². The molecule has 0 N–H and O–H groups in total. The molecule has 3 aromatic rings. The first-order chi connectivity index (χ1) is 12.1. The van der Waals surface area contributed by atoms with Gasteiger partial charge in [0.05, 0.1) is 31.8 Å². The summed E-state index contributed by atoms with van der Waals surface area (Å²) in [6.45, 7) is 4.59. The van der Waals surface area contributed by atoms with E-state index in [2.05, 4.69) is 22.1 Å². The van der Waals surface area contributed by atoms with E-state index in [1.165, 1.54) is 6.33 Å². The van der Waals surface area contributed by atoms with E-state index in [0.29, 0.717) is 13.0 Å². The molecule has 0 saturated carbocycles. The zero-order valence-electron chi connectivity index (χ0n) is 14.5. The molecular formula is C19H19N5O. The molecular weight excluding hydrogens is 314 g/mol. The fourth-order valence-electron chi connectivity index (χ4n) is 2.82. The lowest BCUT2D eigenvalue weighted by molar-refractivity contribution is 0.411. The minimum atomic E-state index is 0.403. The summed E-state index contributed by atoms with van der Waals surface area (Å²) in [5, 5.41) is 13.6. The second kappa shape index (κ2) is 7.14. The Morgan fingerprint density at radius 1 is 1.24 bits per heavy atom. The molecule has 0 unspecified atom stereocenters. The first-order valence-electron chi connectivity index (χ1n) is 8.00. The standard InChI is InChI=1S/C19H19N5O/c1-13-9-15(14(2)18(10-13)25-3)19-16(17-5-7-21-12-22-17)11-24(23-19)8-4-6-20/h5,7,9-12H,4,8H2,1-3H3. The van der Waals surface area contributed by atoms with Gasteiger partial charge in [0.15, 0.2) is 0 Å². The highest BCUT2D eigenvalue weighted by Crippen LogP contribution is 2.36. The summed E-state index contributed by atoms with van der Waals surface area (Å²) in [6, 6.07) is 8.12. The lowest BCUT2D eigenvalue weighted by Crippen LogP contribution is -1.98. The summed E-state index contributed by atoms with van der Waals surface area (Å²) in [5.41, 5.74) is 5.66. The molecule has 0 spiro atoms. The Morgan fingerprint density at radius 2 is 2.08 bits per heavy atom. The van der Waals surface area contributed by atoms with Crippen molar-refractivity contribution in [3.63, 3.8) is 0 Å². The molecule has 0 amide bonds. The molecule has 0 aliphatic rings. The molecule has 0 aliphatic heterocycles. The molecule has 0 fully saturated rings. The predicted octanol–water partition coefficient (Wildman–Crippen LogP) is 3.55. The van der Waals surface area contributed by atoms with Crippen molar-refractivity contribution in [2.24, 2.45) is 0 Å². The number of nitrogens with zero attached hydrogens (tertiary/aromatic N) is 5. The number of aryl methyl sites for hydroxylation is 2. The van der Waals surface area contributed by atoms with Gasteiger partial charge in [0.2, 0.25) is 0 Å². The first kappa shape index (κ1) is 16.7. The quantitative estimate of drug-likeness (QED) is 0.713. The number of nitriles is 1. The number of aromatic nitrogens is 4. The van der Waals surface area contributed by atoms with Gasteiger partial charge >= 0.3 is 0 Å². The molecule has 2 heterocycles. The van der Waals surface area contributed by atoms with Crippen molar-refractivity contribution in [1.29, 1.82) is 5.26 Å². The summed E-state index contributed by atoms with van der Waals surface area (Å²) in [4.78, 5) is 8.35. The van der Waals surface area contributed by atoms with Crippen LogP contribution in [-0.2, 0) is 6.54 Å². The molecule has 0 radical (unpaired) electrons. The van der Waals surface area contributed by atoms with E-state index in [-0.39, 0.29) is 0 Å². The lowest BCUT2D eigenvalue weighted by Gasteiger charge is -2.12. The minimum Gasteiger partial charge on any atom is -0.496 e. The SMILES string of the molecule is COc1cc(C)cc(-c2nn(CCC#N)cc2-c2ccncn2)c1C. The van der Waals surface area contributed by atoms with Gasteiger partial charge in [-0.05, 0) is 37.6 Å². The van der Waals surface area contributed by atoms with Gasteiger partial charge in [-0.2, -0.15) is 10.4 Å². The molecule has 0 saturated heterocycles. The van der Waals surface area contributed by atoms with E-state index < -0.39 is 0 Å². The number of rotatable bonds is 5. The Kier molecular flexibility index (Phi) is 4.75. The Labute approximate surface area is 146 Å². The van der Waals surface area contributed by atoms with Crippen molar-refractivity contribution in [2.75, 3.05) is 7.11 Å². The maximum Gasteiger partial charge on any atom is 0.122 e. The van der Waals surface area contributed by atoms with Gasteiger partial charge in [-0.25, -0.2) is 9.97 Å². The van der Waals surface area contributed by atoms with Crippen LogP contribution in [0.5, 0.6) is 5.75 Å². The van der Waals surface area contributed by atoms with E-state index in [4.69, 9.17) is 15.1 Å². The van der Waals surface area contributed by atoms with E-state index in [9.17, 15) is 0 Å². The number of hydrogen-bond donors (Lipinski definition) is 0. The van der Waals surface area contributed by atoms with Crippen molar-refractivity contribution < 1.29 is 4.74 Å². The zero-order valence-corrected chi connectivity index (χ0v) is 14.5. The highest BCUT2D eigenvalue weighted by Gasteiger charge is 2.18. The Hall–Kier alpha value is -3.20. The predicted molar refractivity (Wildman–Crippen MR) is 94.9 cm³/mol. The average molecular weight is 333 g/mol. The van der Waals surface area contributed by atoms with Crippen molar-refractivity contribution in [2.45, 2.75) is 26.8 Å². The van der Waals surface area contributed by atoms with Crippen LogP contribution in [0.3, 0.4) is 0 Å². The maximum atomic E-state index is 8.86. The third kappa shape index (κ3) is 3.36. The highest BCUT2D eigenvalue weighted by atomic mass is 16.5. The molecule has 126 valence electrons. The Bertz CT molecular complexity index is 925. The van der Waals surface area contributed by atoms with Crippen LogP contribution in [0.25, 0.3) is 22.5 Å². The summed E-state index contributed by atoms with van der Waals surface area (Å²) < 4.78 is 7.30. The lowest BCUT2D eigenvalue weighted by atomic mass is 9.98. The van der Waals surface area contributed by atoms with Gasteiger partial charge in [-0.3, -0.25) is 4.68 Å². The molecule has 1 aromatic carbocycles. The third-order valence-corrected chi connectivity index (χ3v) is 4.05. The minimum absolute atomic E-state index is 0.403. The Balaban J connectivity index is 2.20. The van der Waals surface area contributed by atoms with E-state index in [0.717, 1.165) is 39.4 Å². The summed E-state index contributed by atoms with van der Waals surface area (Å²) in [7, 11) is 1.67. The molecule has 2 aromatic heterocycles. The van der Waals surface area contributed by atoms with Gasteiger partial charge in [0.1, 0.15) is 17.8 Å². The maximum absolute atomic E-state index is 8.86. The van der Waals surface area contributed by atoms with Crippen molar-refractivity contribution in [1.82, 2.24) is 19.7 Å². The smallest absolute Gasteiger partial charge is 0.122 e. The van der Waals surface area contributed by atoms with Crippen LogP contribution in [0, 0.1) is 25.2 Å². The number of methoxy groups -OCH3 is 1. The second-order valence-electron chi connectivity index (χ2n) is 5.80. The fraction of sp³-hybridized carbons (Fsp3) is 0.263. The normalized spacial score (nSPS) is 10.5. The second-order valence-corrected chi connectivity index (χ2v) is 5.80. The number of hydrogen-bond acceptors (Lipinski definition) is 5. The fourth-order valence-corrected chi connectivity index (χ4v) is 2.82. The average Bonchev–Trinajstić information content (AvgIpc) is 3.06. The van der Waals surface area contributed by atoms with Crippen molar-refractivity contribution >= 4 is 0 Å². The molecule has 0 aliphatic carbocycles. The zero-order chi connectivity index (χ0) is 17.8. The third-order valence-electron chi connectivity index (χ3n) is 4.05. The summed E-state index contributed by atoms with van der Waals surface area (Å²) in [6.07, 6.45) is 5.57. The summed E-state index contributed by atoms with van der Waals surface area (Å²) in [5.74, 6) is 0.829. The van der Waals surface area contributed by atoms with E-state index in [1.807, 2.05) is 32.2 Å². The highest BCUT2D eigenvalue weighted by molar-refractivity contribution is 5.81. The first-order valence-corrected chi connectivity index (χ1v) is 8.00. The van der Waals surface area contributed by atoms with Gasteiger partial charge in [0.25, 0.3) is 0 Å². The number of ether oxygens (including phenoxy) is 1.